The van der Waals surface area contributed by atoms with Gasteiger partial charge in [-0.15, -0.1) is 0 Å². The first-order valence-electron chi connectivity index (χ1n) is 8.04. The molecular formula is C18H20N4O3. The van der Waals surface area contributed by atoms with Crippen LogP contribution in [0.25, 0.3) is 0 Å². The van der Waals surface area contributed by atoms with Crippen LogP contribution >= 0.6 is 0 Å². The van der Waals surface area contributed by atoms with Gasteiger partial charge in [0.05, 0.1) is 13.0 Å². The zero-order valence-electron chi connectivity index (χ0n) is 14.4. The first-order valence-corrected chi connectivity index (χ1v) is 8.04. The second-order valence-corrected chi connectivity index (χ2v) is 6.07. The lowest BCUT2D eigenvalue weighted by molar-refractivity contribution is -0.122. The lowest BCUT2D eigenvalue weighted by Crippen LogP contribution is -2.28. The van der Waals surface area contributed by atoms with E-state index in [2.05, 4.69) is 15.3 Å². The Kier molecular flexibility index (Phi) is 4.65. The van der Waals surface area contributed by atoms with Crippen molar-refractivity contribution in [1.82, 2.24) is 9.97 Å². The molecule has 1 aromatic carbocycles. The summed E-state index contributed by atoms with van der Waals surface area (Å²) in [5.74, 6) is 0.245. The van der Waals surface area contributed by atoms with Crippen LogP contribution in [0.4, 0.5) is 11.6 Å². The van der Waals surface area contributed by atoms with Crippen LogP contribution in [-0.4, -0.2) is 35.4 Å². The van der Waals surface area contributed by atoms with Gasteiger partial charge in [0.15, 0.2) is 0 Å². The highest BCUT2D eigenvalue weighted by Gasteiger charge is 2.35. The Balaban J connectivity index is 1.69. The number of ether oxygens (including phenoxy) is 1. The second-order valence-electron chi connectivity index (χ2n) is 6.07. The molecular weight excluding hydrogens is 320 g/mol. The van der Waals surface area contributed by atoms with Crippen molar-refractivity contribution in [2.45, 2.75) is 20.3 Å². The van der Waals surface area contributed by atoms with Crippen LogP contribution in [0, 0.1) is 19.8 Å². The molecule has 0 spiro atoms. The van der Waals surface area contributed by atoms with E-state index in [0.29, 0.717) is 6.54 Å². The molecule has 1 saturated heterocycles. The van der Waals surface area contributed by atoms with Gasteiger partial charge < -0.3 is 9.64 Å². The predicted octanol–water partition coefficient (Wildman–Crippen LogP) is 2.09. The summed E-state index contributed by atoms with van der Waals surface area (Å²) in [6, 6.07) is 9.03. The maximum Gasteiger partial charge on any atom is 0.232 e. The van der Waals surface area contributed by atoms with Gasteiger partial charge in [-0.05, 0) is 44.2 Å². The summed E-state index contributed by atoms with van der Waals surface area (Å²) in [4.78, 5) is 34.8. The topological polar surface area (TPSA) is 84.4 Å². The van der Waals surface area contributed by atoms with Gasteiger partial charge in [-0.1, -0.05) is 0 Å². The Morgan fingerprint density at radius 2 is 1.84 bits per heavy atom. The lowest BCUT2D eigenvalue weighted by Gasteiger charge is -2.17. The monoisotopic (exact) mass is 340 g/mol. The summed E-state index contributed by atoms with van der Waals surface area (Å²) < 4.78 is 5.12. The fourth-order valence-corrected chi connectivity index (χ4v) is 2.89. The van der Waals surface area contributed by atoms with Crippen molar-refractivity contribution in [1.29, 1.82) is 0 Å². The maximum absolute atomic E-state index is 12.5. The highest BCUT2D eigenvalue weighted by atomic mass is 16.5. The second kappa shape index (κ2) is 6.88. The van der Waals surface area contributed by atoms with Gasteiger partial charge in [0.1, 0.15) is 5.75 Å². The molecule has 0 bridgehead atoms. The first-order chi connectivity index (χ1) is 12.0. The van der Waals surface area contributed by atoms with E-state index in [1.54, 1.807) is 24.1 Å². The fraction of sp³-hybridized carbons (Fsp3) is 0.333. The van der Waals surface area contributed by atoms with E-state index in [4.69, 9.17) is 4.74 Å². The molecule has 1 fully saturated rings. The summed E-state index contributed by atoms with van der Waals surface area (Å²) >= 11 is 0. The summed E-state index contributed by atoms with van der Waals surface area (Å²) in [6.45, 7) is 4.02. The third-order valence-corrected chi connectivity index (χ3v) is 4.10. The third kappa shape index (κ3) is 3.76. The van der Waals surface area contributed by atoms with E-state index in [1.165, 1.54) is 0 Å². The number of carbonyl (C=O) groups is 2. The Labute approximate surface area is 146 Å². The molecule has 3 rings (SSSR count). The van der Waals surface area contributed by atoms with Crippen LogP contribution in [0.15, 0.2) is 30.3 Å². The van der Waals surface area contributed by atoms with Gasteiger partial charge >= 0.3 is 0 Å². The number of aromatic nitrogens is 2. The number of hydrogen-bond acceptors (Lipinski definition) is 5. The van der Waals surface area contributed by atoms with Crippen molar-refractivity contribution in [2.75, 3.05) is 23.9 Å². The van der Waals surface area contributed by atoms with E-state index >= 15 is 0 Å². The SMILES string of the molecule is COc1ccc(N2C[C@H](C(=O)Nc3nc(C)cc(C)n3)CC2=O)cc1. The number of amides is 2. The molecule has 0 unspecified atom stereocenters. The minimum Gasteiger partial charge on any atom is -0.497 e. The largest absolute Gasteiger partial charge is 0.497 e. The molecule has 2 aromatic rings. The van der Waals surface area contributed by atoms with Gasteiger partial charge in [0.2, 0.25) is 17.8 Å². The normalized spacial score (nSPS) is 16.8. The van der Waals surface area contributed by atoms with Crippen LogP contribution < -0.4 is 15.0 Å². The van der Waals surface area contributed by atoms with E-state index in [-0.39, 0.29) is 24.2 Å². The quantitative estimate of drug-likeness (QED) is 0.921. The number of nitrogens with one attached hydrogen (secondary N) is 1. The van der Waals surface area contributed by atoms with Gasteiger partial charge in [-0.3, -0.25) is 14.9 Å². The Morgan fingerprint density at radius 3 is 2.44 bits per heavy atom. The minimum absolute atomic E-state index is 0.0772. The molecule has 1 aromatic heterocycles. The number of nitrogens with zero attached hydrogens (tertiary/aromatic N) is 3. The molecule has 2 amide bonds. The number of carbonyl (C=O) groups excluding carboxylic acids is 2. The average Bonchev–Trinajstić information content (AvgIpc) is 2.96. The summed E-state index contributed by atoms with van der Waals surface area (Å²) in [5, 5.41) is 2.72. The van der Waals surface area contributed by atoms with Crippen molar-refractivity contribution in [2.24, 2.45) is 5.92 Å². The highest BCUT2D eigenvalue weighted by Crippen LogP contribution is 2.27. The van der Waals surface area contributed by atoms with Crippen molar-refractivity contribution < 1.29 is 14.3 Å². The van der Waals surface area contributed by atoms with Crippen LogP contribution in [0.1, 0.15) is 17.8 Å². The molecule has 2 heterocycles. The van der Waals surface area contributed by atoms with E-state index in [0.717, 1.165) is 22.8 Å². The minimum atomic E-state index is -0.431. The smallest absolute Gasteiger partial charge is 0.232 e. The fourth-order valence-electron chi connectivity index (χ4n) is 2.89. The predicted molar refractivity (Wildman–Crippen MR) is 93.6 cm³/mol. The number of anilines is 2. The molecule has 0 aliphatic carbocycles. The van der Waals surface area contributed by atoms with Gasteiger partial charge in [0.25, 0.3) is 0 Å². The molecule has 7 nitrogen and oxygen atoms in total. The lowest BCUT2D eigenvalue weighted by atomic mass is 10.1. The van der Waals surface area contributed by atoms with Crippen molar-refractivity contribution >= 4 is 23.5 Å². The average molecular weight is 340 g/mol. The molecule has 1 aliphatic heterocycles. The third-order valence-electron chi connectivity index (χ3n) is 4.10. The number of aryl methyl sites for hydroxylation is 2. The molecule has 1 aliphatic rings. The Bertz CT molecular complexity index is 784. The summed E-state index contributed by atoms with van der Waals surface area (Å²) in [6.07, 6.45) is 0.169. The van der Waals surface area contributed by atoms with Gasteiger partial charge in [-0.2, -0.15) is 0 Å². The number of benzene rings is 1. The van der Waals surface area contributed by atoms with Crippen molar-refractivity contribution in [3.8, 4) is 5.75 Å². The van der Waals surface area contributed by atoms with Crippen LogP contribution in [-0.2, 0) is 9.59 Å². The Hall–Kier alpha value is -2.96. The van der Waals surface area contributed by atoms with E-state index in [9.17, 15) is 9.59 Å². The number of hydrogen-bond donors (Lipinski definition) is 1. The Morgan fingerprint density at radius 1 is 1.20 bits per heavy atom. The number of methoxy groups -OCH3 is 1. The zero-order valence-corrected chi connectivity index (χ0v) is 14.4. The zero-order chi connectivity index (χ0) is 18.0. The molecule has 25 heavy (non-hydrogen) atoms. The van der Waals surface area contributed by atoms with Crippen molar-refractivity contribution in [3.63, 3.8) is 0 Å². The van der Waals surface area contributed by atoms with Crippen LogP contribution in [0.3, 0.4) is 0 Å². The standard InChI is InChI=1S/C18H20N4O3/c1-11-8-12(2)20-18(19-11)21-17(24)13-9-16(23)22(10-13)14-4-6-15(25-3)7-5-14/h4-8,13H,9-10H2,1-3H3,(H,19,20,21,24)/t13-/m1/s1. The summed E-state index contributed by atoms with van der Waals surface area (Å²) in [7, 11) is 1.59. The first kappa shape index (κ1) is 16.9. The van der Waals surface area contributed by atoms with Crippen molar-refractivity contribution in [3.05, 3.63) is 41.7 Å². The molecule has 130 valence electrons. The van der Waals surface area contributed by atoms with Gasteiger partial charge in [-0.25, -0.2) is 9.97 Å². The number of rotatable bonds is 4. The van der Waals surface area contributed by atoms with E-state index in [1.807, 2.05) is 32.0 Å². The molecule has 0 radical (unpaired) electrons. The van der Waals surface area contributed by atoms with Crippen LogP contribution in [0.2, 0.25) is 0 Å². The summed E-state index contributed by atoms with van der Waals surface area (Å²) in [5.41, 5.74) is 2.32. The van der Waals surface area contributed by atoms with E-state index < -0.39 is 5.92 Å². The molecule has 7 heteroatoms. The molecule has 1 atom stereocenters. The maximum atomic E-state index is 12.5. The van der Waals surface area contributed by atoms with Gasteiger partial charge in [0, 0.05) is 30.0 Å². The van der Waals surface area contributed by atoms with Crippen LogP contribution in [0.5, 0.6) is 5.75 Å². The molecule has 0 saturated carbocycles. The highest BCUT2D eigenvalue weighted by molar-refractivity contribution is 6.03. The molecule has 1 N–H and O–H groups in total.